The first kappa shape index (κ1) is 20.1. The fraction of sp³-hybridized carbons (Fsp3) is 0.250. The van der Waals surface area contributed by atoms with Crippen LogP contribution in [0.25, 0.3) is 0 Å². The number of hydrogen-bond acceptors (Lipinski definition) is 6. The van der Waals surface area contributed by atoms with Gasteiger partial charge in [0.1, 0.15) is 5.75 Å². The number of rotatable bonds is 10. The van der Waals surface area contributed by atoms with Crippen LogP contribution in [0.3, 0.4) is 0 Å². The number of carbonyl (C=O) groups excluding carboxylic acids is 2. The van der Waals surface area contributed by atoms with E-state index in [4.69, 9.17) is 19.3 Å². The number of carboxylic acids is 1. The fourth-order valence-corrected chi connectivity index (χ4v) is 2.29. The summed E-state index contributed by atoms with van der Waals surface area (Å²) in [5, 5.41) is 8.95. The standard InChI is InChI=1S/C20H20O7/c1-2-25-18(27-20(24)19(23)14-8-4-3-5-9-14)13-26-16-11-7-6-10-15(16)12-17(21)22/h3-11,18H,2,12-13H2,1H3,(H,21,22). The maximum absolute atomic E-state index is 12.1. The number of ether oxygens (including phenoxy) is 3. The Morgan fingerprint density at radius 3 is 2.33 bits per heavy atom. The minimum atomic E-state index is -1.10. The number of para-hydroxylation sites is 1. The highest BCUT2D eigenvalue weighted by molar-refractivity contribution is 6.40. The average molecular weight is 372 g/mol. The summed E-state index contributed by atoms with van der Waals surface area (Å²) in [5.74, 6) is -2.49. The number of benzene rings is 2. The molecule has 27 heavy (non-hydrogen) atoms. The van der Waals surface area contributed by atoms with Crippen LogP contribution in [0.4, 0.5) is 0 Å². The van der Waals surface area contributed by atoms with Gasteiger partial charge in [0, 0.05) is 17.7 Å². The number of aliphatic carboxylic acids is 1. The van der Waals surface area contributed by atoms with Crippen molar-refractivity contribution in [3.05, 3.63) is 65.7 Å². The lowest BCUT2D eigenvalue weighted by Crippen LogP contribution is -2.31. The quantitative estimate of drug-likeness (QED) is 0.296. The summed E-state index contributed by atoms with van der Waals surface area (Å²) < 4.78 is 16.0. The second-order valence-electron chi connectivity index (χ2n) is 5.47. The van der Waals surface area contributed by atoms with Crippen LogP contribution in [0, 0.1) is 0 Å². The number of ketones is 1. The highest BCUT2D eigenvalue weighted by Crippen LogP contribution is 2.19. The molecular formula is C20H20O7. The maximum Gasteiger partial charge on any atom is 0.382 e. The normalized spacial score (nSPS) is 11.4. The number of Topliss-reactive ketones (excluding diaryl/α,β-unsaturated/α-hetero) is 1. The molecule has 2 rings (SSSR count). The molecule has 1 atom stereocenters. The number of esters is 1. The molecule has 7 nitrogen and oxygen atoms in total. The van der Waals surface area contributed by atoms with Gasteiger partial charge in [0.15, 0.2) is 6.61 Å². The summed E-state index contributed by atoms with van der Waals surface area (Å²) in [5.41, 5.74) is 0.692. The first-order chi connectivity index (χ1) is 13.0. The third-order valence-corrected chi connectivity index (χ3v) is 3.50. The zero-order valence-electron chi connectivity index (χ0n) is 14.8. The first-order valence-corrected chi connectivity index (χ1v) is 8.35. The van der Waals surface area contributed by atoms with E-state index in [2.05, 4.69) is 0 Å². The predicted octanol–water partition coefficient (Wildman–Crippen LogP) is 2.48. The second kappa shape index (κ2) is 10.1. The summed E-state index contributed by atoms with van der Waals surface area (Å²) in [6.07, 6.45) is -1.31. The van der Waals surface area contributed by atoms with Gasteiger partial charge < -0.3 is 19.3 Å². The Kier molecular flexibility index (Phi) is 7.51. The van der Waals surface area contributed by atoms with Gasteiger partial charge in [-0.2, -0.15) is 0 Å². The fourth-order valence-electron chi connectivity index (χ4n) is 2.29. The van der Waals surface area contributed by atoms with Crippen molar-refractivity contribution >= 4 is 17.7 Å². The largest absolute Gasteiger partial charge is 0.487 e. The molecule has 0 saturated heterocycles. The van der Waals surface area contributed by atoms with E-state index in [0.29, 0.717) is 11.3 Å². The van der Waals surface area contributed by atoms with Crippen molar-refractivity contribution in [3.8, 4) is 5.75 Å². The van der Waals surface area contributed by atoms with Crippen LogP contribution in [0.1, 0.15) is 22.8 Å². The van der Waals surface area contributed by atoms with Crippen molar-refractivity contribution in [2.24, 2.45) is 0 Å². The number of carbonyl (C=O) groups is 3. The summed E-state index contributed by atoms with van der Waals surface area (Å²) in [6, 6.07) is 14.7. The molecule has 0 aromatic heterocycles. The third kappa shape index (κ3) is 6.23. The van der Waals surface area contributed by atoms with E-state index in [0.717, 1.165) is 0 Å². The SMILES string of the molecule is CCOC(COc1ccccc1CC(=O)O)OC(=O)C(=O)c1ccccc1. The minimum absolute atomic E-state index is 0.182. The molecule has 0 fully saturated rings. The number of carboxylic acid groups (broad SMARTS) is 1. The zero-order chi connectivity index (χ0) is 19.6. The summed E-state index contributed by atoms with van der Waals surface area (Å²) in [6.45, 7) is 1.76. The monoisotopic (exact) mass is 372 g/mol. The van der Waals surface area contributed by atoms with E-state index >= 15 is 0 Å². The molecular weight excluding hydrogens is 352 g/mol. The van der Waals surface area contributed by atoms with Crippen molar-refractivity contribution in [2.45, 2.75) is 19.6 Å². The van der Waals surface area contributed by atoms with Gasteiger partial charge in [-0.15, -0.1) is 0 Å². The molecule has 0 bridgehead atoms. The molecule has 1 unspecified atom stereocenters. The van der Waals surface area contributed by atoms with E-state index in [-0.39, 0.29) is 25.2 Å². The molecule has 142 valence electrons. The molecule has 0 aliphatic rings. The molecule has 2 aromatic rings. The summed E-state index contributed by atoms with van der Waals surface area (Å²) in [4.78, 5) is 35.1. The van der Waals surface area contributed by atoms with Gasteiger partial charge in [-0.1, -0.05) is 48.5 Å². The van der Waals surface area contributed by atoms with E-state index in [1.54, 1.807) is 49.4 Å². The molecule has 0 aliphatic carbocycles. The van der Waals surface area contributed by atoms with E-state index in [1.165, 1.54) is 12.1 Å². The second-order valence-corrected chi connectivity index (χ2v) is 5.47. The number of hydrogen-bond donors (Lipinski definition) is 1. The van der Waals surface area contributed by atoms with Crippen LogP contribution < -0.4 is 4.74 Å². The van der Waals surface area contributed by atoms with Gasteiger partial charge in [0.25, 0.3) is 5.78 Å². The highest BCUT2D eigenvalue weighted by Gasteiger charge is 2.23. The van der Waals surface area contributed by atoms with Crippen molar-refractivity contribution in [3.63, 3.8) is 0 Å². The molecule has 1 N–H and O–H groups in total. The van der Waals surface area contributed by atoms with E-state index in [9.17, 15) is 14.4 Å². The molecule has 2 aromatic carbocycles. The Balaban J connectivity index is 2.00. The summed E-state index contributed by atoms with van der Waals surface area (Å²) >= 11 is 0. The van der Waals surface area contributed by atoms with Gasteiger partial charge in [0.2, 0.25) is 6.29 Å². The van der Waals surface area contributed by atoms with Crippen LogP contribution in [-0.2, 0) is 25.5 Å². The minimum Gasteiger partial charge on any atom is -0.487 e. The Morgan fingerprint density at radius 2 is 1.67 bits per heavy atom. The molecule has 0 heterocycles. The van der Waals surface area contributed by atoms with E-state index < -0.39 is 24.0 Å². The highest BCUT2D eigenvalue weighted by atomic mass is 16.7. The zero-order valence-corrected chi connectivity index (χ0v) is 14.8. The van der Waals surface area contributed by atoms with Gasteiger partial charge in [-0.05, 0) is 13.0 Å². The van der Waals surface area contributed by atoms with Crippen molar-refractivity contribution in [1.29, 1.82) is 0 Å². The Bertz CT molecular complexity index is 786. The lowest BCUT2D eigenvalue weighted by atomic mass is 10.1. The lowest BCUT2D eigenvalue weighted by molar-refractivity contribution is -0.178. The maximum atomic E-state index is 12.1. The molecule has 0 saturated carbocycles. The van der Waals surface area contributed by atoms with Crippen LogP contribution in [0.5, 0.6) is 5.75 Å². The van der Waals surface area contributed by atoms with Crippen molar-refractivity contribution < 1.29 is 33.7 Å². The first-order valence-electron chi connectivity index (χ1n) is 8.35. The predicted molar refractivity (Wildman–Crippen MR) is 95.6 cm³/mol. The van der Waals surface area contributed by atoms with Crippen LogP contribution in [-0.4, -0.2) is 42.3 Å². The Hall–Kier alpha value is -3.19. The Labute approximate surface area is 156 Å². The molecule has 0 spiro atoms. The Morgan fingerprint density at radius 1 is 1.00 bits per heavy atom. The van der Waals surface area contributed by atoms with Crippen LogP contribution >= 0.6 is 0 Å². The smallest absolute Gasteiger partial charge is 0.382 e. The molecule has 0 amide bonds. The van der Waals surface area contributed by atoms with Crippen LogP contribution in [0.2, 0.25) is 0 Å². The molecule has 7 heteroatoms. The summed E-state index contributed by atoms with van der Waals surface area (Å²) in [7, 11) is 0. The van der Waals surface area contributed by atoms with Crippen molar-refractivity contribution in [2.75, 3.05) is 13.2 Å². The van der Waals surface area contributed by atoms with Gasteiger partial charge in [-0.3, -0.25) is 9.59 Å². The third-order valence-electron chi connectivity index (χ3n) is 3.50. The lowest BCUT2D eigenvalue weighted by Gasteiger charge is -2.19. The van der Waals surface area contributed by atoms with Gasteiger partial charge in [-0.25, -0.2) is 4.79 Å². The average Bonchev–Trinajstić information content (AvgIpc) is 2.67. The van der Waals surface area contributed by atoms with E-state index in [1.807, 2.05) is 0 Å². The molecule has 0 aliphatic heterocycles. The van der Waals surface area contributed by atoms with Crippen molar-refractivity contribution in [1.82, 2.24) is 0 Å². The van der Waals surface area contributed by atoms with Crippen LogP contribution in [0.15, 0.2) is 54.6 Å². The van der Waals surface area contributed by atoms with Gasteiger partial charge in [0.05, 0.1) is 6.42 Å². The topological polar surface area (TPSA) is 99.1 Å². The van der Waals surface area contributed by atoms with Gasteiger partial charge >= 0.3 is 11.9 Å². The molecule has 0 radical (unpaired) electrons.